The minimum Gasteiger partial charge on any atom is -0.493 e. The molecule has 1 aromatic heterocycles. The Bertz CT molecular complexity index is 838. The Morgan fingerprint density at radius 2 is 1.81 bits per heavy atom. The van der Waals surface area contributed by atoms with Crippen LogP contribution in [-0.4, -0.2) is 31.2 Å². The maximum absolute atomic E-state index is 12.3. The molecule has 26 heavy (non-hydrogen) atoms. The van der Waals surface area contributed by atoms with Gasteiger partial charge in [-0.1, -0.05) is 19.3 Å². The minimum absolute atomic E-state index is 0.0173. The summed E-state index contributed by atoms with van der Waals surface area (Å²) in [6, 6.07) is 5.69. The van der Waals surface area contributed by atoms with Gasteiger partial charge in [-0.25, -0.2) is 0 Å². The van der Waals surface area contributed by atoms with Crippen LogP contribution in [0.4, 0.5) is 0 Å². The Hall–Kier alpha value is -2.50. The second kappa shape index (κ2) is 8.25. The molecule has 1 aliphatic carbocycles. The fourth-order valence-corrected chi connectivity index (χ4v) is 3.56. The molecule has 2 N–H and O–H groups in total. The van der Waals surface area contributed by atoms with E-state index in [2.05, 4.69) is 10.3 Å². The van der Waals surface area contributed by atoms with E-state index in [0.29, 0.717) is 41.5 Å². The van der Waals surface area contributed by atoms with E-state index < -0.39 is 0 Å². The van der Waals surface area contributed by atoms with Gasteiger partial charge < -0.3 is 19.8 Å². The van der Waals surface area contributed by atoms with Gasteiger partial charge in [0, 0.05) is 29.5 Å². The number of hydrogen-bond acceptors (Lipinski definition) is 4. The molecule has 1 saturated carbocycles. The van der Waals surface area contributed by atoms with Gasteiger partial charge in [-0.3, -0.25) is 9.59 Å². The van der Waals surface area contributed by atoms with Crippen molar-refractivity contribution >= 4 is 16.8 Å². The van der Waals surface area contributed by atoms with E-state index in [0.717, 1.165) is 18.2 Å². The number of amides is 1. The number of carbonyl (C=O) groups is 1. The highest BCUT2D eigenvalue weighted by Crippen LogP contribution is 2.31. The van der Waals surface area contributed by atoms with Crippen LogP contribution in [0.5, 0.6) is 11.5 Å². The molecule has 1 heterocycles. The van der Waals surface area contributed by atoms with Crippen molar-refractivity contribution in [3.05, 3.63) is 34.1 Å². The maximum atomic E-state index is 12.3. The second-order valence-electron chi connectivity index (χ2n) is 6.82. The number of ether oxygens (including phenoxy) is 2. The molecule has 0 unspecified atom stereocenters. The number of benzene rings is 1. The molecule has 1 amide bonds. The molecular formula is C20H26N2O4. The predicted molar refractivity (Wildman–Crippen MR) is 101 cm³/mol. The predicted octanol–water partition coefficient (Wildman–Crippen LogP) is 2.93. The van der Waals surface area contributed by atoms with Crippen LogP contribution in [0, 0.1) is 0 Å². The Kier molecular flexibility index (Phi) is 5.81. The van der Waals surface area contributed by atoms with Gasteiger partial charge in [0.05, 0.1) is 19.7 Å². The quantitative estimate of drug-likeness (QED) is 0.832. The van der Waals surface area contributed by atoms with Gasteiger partial charge in [0.1, 0.15) is 0 Å². The highest BCUT2D eigenvalue weighted by Gasteiger charge is 2.16. The van der Waals surface area contributed by atoms with Crippen molar-refractivity contribution in [2.24, 2.45) is 0 Å². The molecule has 0 radical (unpaired) electrons. The number of nitrogens with one attached hydrogen (secondary N) is 2. The standard InChI is InChI=1S/C20H26N2O4/c1-25-17-11-14-10-13(20(24)22-16(14)12-18(17)26-2)8-9-19(23)21-15-6-4-3-5-7-15/h10-12,15H,3-9H2,1-2H3,(H,21,23)(H,22,24). The second-order valence-corrected chi connectivity index (χ2v) is 6.82. The minimum atomic E-state index is -0.171. The first kappa shape index (κ1) is 18.3. The van der Waals surface area contributed by atoms with Crippen molar-refractivity contribution in [2.75, 3.05) is 14.2 Å². The fraction of sp³-hybridized carbons (Fsp3) is 0.500. The summed E-state index contributed by atoms with van der Waals surface area (Å²) >= 11 is 0. The first-order valence-electron chi connectivity index (χ1n) is 9.18. The van der Waals surface area contributed by atoms with E-state index >= 15 is 0 Å². The molecule has 0 atom stereocenters. The van der Waals surface area contributed by atoms with Gasteiger partial charge in [0.2, 0.25) is 5.91 Å². The van der Waals surface area contributed by atoms with E-state index in [4.69, 9.17) is 9.47 Å². The lowest BCUT2D eigenvalue weighted by Gasteiger charge is -2.22. The smallest absolute Gasteiger partial charge is 0.251 e. The molecule has 1 fully saturated rings. The van der Waals surface area contributed by atoms with E-state index in [-0.39, 0.29) is 11.5 Å². The van der Waals surface area contributed by atoms with Gasteiger partial charge in [0.25, 0.3) is 5.56 Å². The SMILES string of the molecule is COc1cc2cc(CCC(=O)NC3CCCCC3)c(=O)[nH]c2cc1OC. The lowest BCUT2D eigenvalue weighted by Crippen LogP contribution is -2.36. The Balaban J connectivity index is 1.72. The number of fused-ring (bicyclic) bond motifs is 1. The van der Waals surface area contributed by atoms with Crippen LogP contribution in [0.3, 0.4) is 0 Å². The topological polar surface area (TPSA) is 80.4 Å². The molecule has 1 aromatic carbocycles. The van der Waals surface area contributed by atoms with Crippen molar-refractivity contribution < 1.29 is 14.3 Å². The van der Waals surface area contributed by atoms with Gasteiger partial charge in [-0.15, -0.1) is 0 Å². The number of pyridine rings is 1. The number of aryl methyl sites for hydroxylation is 1. The lowest BCUT2D eigenvalue weighted by molar-refractivity contribution is -0.121. The Morgan fingerprint density at radius 1 is 1.12 bits per heavy atom. The molecule has 0 saturated heterocycles. The average Bonchev–Trinajstić information content (AvgIpc) is 2.66. The summed E-state index contributed by atoms with van der Waals surface area (Å²) in [6.07, 6.45) is 6.47. The number of carbonyl (C=O) groups excluding carboxylic acids is 1. The van der Waals surface area contributed by atoms with Gasteiger partial charge in [0.15, 0.2) is 11.5 Å². The number of hydrogen-bond donors (Lipinski definition) is 2. The summed E-state index contributed by atoms with van der Waals surface area (Å²) in [5.41, 5.74) is 1.11. The molecular weight excluding hydrogens is 332 g/mol. The van der Waals surface area contributed by atoms with E-state index in [1.54, 1.807) is 20.3 Å². The Morgan fingerprint density at radius 3 is 2.50 bits per heavy atom. The summed E-state index contributed by atoms with van der Waals surface area (Å²) in [5.74, 6) is 1.19. The number of aromatic nitrogens is 1. The summed E-state index contributed by atoms with van der Waals surface area (Å²) in [5, 5.41) is 3.94. The number of aromatic amines is 1. The van der Waals surface area contributed by atoms with Crippen molar-refractivity contribution in [3.63, 3.8) is 0 Å². The van der Waals surface area contributed by atoms with E-state index in [1.165, 1.54) is 19.3 Å². The molecule has 3 rings (SSSR count). The van der Waals surface area contributed by atoms with Crippen LogP contribution >= 0.6 is 0 Å². The van der Waals surface area contributed by atoms with Crippen LogP contribution in [-0.2, 0) is 11.2 Å². The molecule has 0 spiro atoms. The highest BCUT2D eigenvalue weighted by molar-refractivity contribution is 5.83. The molecule has 1 aliphatic rings. The third-order valence-electron chi connectivity index (χ3n) is 5.02. The van der Waals surface area contributed by atoms with Crippen molar-refractivity contribution in [1.82, 2.24) is 10.3 Å². The van der Waals surface area contributed by atoms with Crippen LogP contribution in [0.15, 0.2) is 23.0 Å². The first-order valence-corrected chi connectivity index (χ1v) is 9.18. The van der Waals surface area contributed by atoms with Gasteiger partial charge in [-0.05, 0) is 31.4 Å². The van der Waals surface area contributed by atoms with Crippen LogP contribution < -0.4 is 20.3 Å². The maximum Gasteiger partial charge on any atom is 0.251 e. The van der Waals surface area contributed by atoms with Crippen LogP contribution in [0.2, 0.25) is 0 Å². The average molecular weight is 358 g/mol. The molecule has 2 aromatic rings. The Labute approximate surface area is 152 Å². The van der Waals surface area contributed by atoms with Crippen molar-refractivity contribution in [3.8, 4) is 11.5 Å². The summed E-state index contributed by atoms with van der Waals surface area (Å²) < 4.78 is 10.6. The fourth-order valence-electron chi connectivity index (χ4n) is 3.56. The van der Waals surface area contributed by atoms with Gasteiger partial charge in [-0.2, -0.15) is 0 Å². The summed E-state index contributed by atoms with van der Waals surface area (Å²) in [6.45, 7) is 0. The normalized spacial score (nSPS) is 15.0. The third kappa shape index (κ3) is 4.18. The third-order valence-corrected chi connectivity index (χ3v) is 5.02. The van der Waals surface area contributed by atoms with Crippen molar-refractivity contribution in [2.45, 2.75) is 51.0 Å². The molecule has 6 heteroatoms. The summed E-state index contributed by atoms with van der Waals surface area (Å²) in [4.78, 5) is 27.4. The lowest BCUT2D eigenvalue weighted by atomic mass is 9.95. The van der Waals surface area contributed by atoms with Gasteiger partial charge >= 0.3 is 0 Å². The van der Waals surface area contributed by atoms with Crippen LogP contribution in [0.25, 0.3) is 10.9 Å². The molecule has 0 bridgehead atoms. The zero-order valence-corrected chi connectivity index (χ0v) is 15.4. The molecule has 6 nitrogen and oxygen atoms in total. The van der Waals surface area contributed by atoms with E-state index in [1.807, 2.05) is 12.1 Å². The number of methoxy groups -OCH3 is 2. The first-order chi connectivity index (χ1) is 12.6. The highest BCUT2D eigenvalue weighted by atomic mass is 16.5. The number of H-pyrrole nitrogens is 1. The number of rotatable bonds is 6. The molecule has 0 aliphatic heterocycles. The summed E-state index contributed by atoms with van der Waals surface area (Å²) in [7, 11) is 3.13. The largest absolute Gasteiger partial charge is 0.493 e. The monoisotopic (exact) mass is 358 g/mol. The zero-order valence-electron chi connectivity index (χ0n) is 15.4. The zero-order chi connectivity index (χ0) is 18.5. The van der Waals surface area contributed by atoms with E-state index in [9.17, 15) is 9.59 Å². The molecule has 140 valence electrons. The van der Waals surface area contributed by atoms with Crippen LogP contribution in [0.1, 0.15) is 44.1 Å². The van der Waals surface area contributed by atoms with Crippen molar-refractivity contribution in [1.29, 1.82) is 0 Å².